The highest BCUT2D eigenvalue weighted by molar-refractivity contribution is 6.32. The van der Waals surface area contributed by atoms with Gasteiger partial charge in [-0.15, -0.1) is 0 Å². The molecule has 8 heteroatoms. The van der Waals surface area contributed by atoms with Gasteiger partial charge in [-0.3, -0.25) is 19.7 Å². The topological polar surface area (TPSA) is 107 Å². The van der Waals surface area contributed by atoms with E-state index in [9.17, 15) is 14.9 Å². The molecule has 1 amide bonds. The fraction of sp³-hybridized carbons (Fsp3) is 0.222. The Kier molecular flexibility index (Phi) is 4.83. The first kappa shape index (κ1) is 13.4. The molecule has 1 aromatic rings. The van der Waals surface area contributed by atoms with Crippen LogP contribution in [0, 0.1) is 10.1 Å². The molecule has 1 aromatic carbocycles. The van der Waals surface area contributed by atoms with Gasteiger partial charge < -0.3 is 5.73 Å². The lowest BCUT2D eigenvalue weighted by atomic mass is 10.2. The smallest absolute Gasteiger partial charge is 0.288 e. The summed E-state index contributed by atoms with van der Waals surface area (Å²) in [6.07, 6.45) is 0. The summed E-state index contributed by atoms with van der Waals surface area (Å²) in [5.74, 6) is -0.611. The van der Waals surface area contributed by atoms with Gasteiger partial charge >= 0.3 is 0 Å². The number of nitrogens with zero attached hydrogens (tertiary/aromatic N) is 1. The Labute approximate surface area is 102 Å². The molecule has 0 aromatic heterocycles. The molecule has 0 spiro atoms. The quantitative estimate of drug-likeness (QED) is 0.445. The van der Waals surface area contributed by atoms with E-state index >= 15 is 0 Å². The number of benzene rings is 1. The molecule has 17 heavy (non-hydrogen) atoms. The van der Waals surface area contributed by atoms with Crippen LogP contribution in [0.3, 0.4) is 0 Å². The van der Waals surface area contributed by atoms with Gasteiger partial charge in [0.25, 0.3) is 5.69 Å². The third kappa shape index (κ3) is 4.35. The van der Waals surface area contributed by atoms with Crippen molar-refractivity contribution in [1.29, 1.82) is 0 Å². The van der Waals surface area contributed by atoms with Crippen molar-refractivity contribution in [1.82, 2.24) is 5.48 Å². The largest absolute Gasteiger partial charge is 0.368 e. The van der Waals surface area contributed by atoms with Crippen molar-refractivity contribution in [2.45, 2.75) is 6.54 Å². The first-order valence-corrected chi connectivity index (χ1v) is 4.94. The molecule has 0 saturated heterocycles. The predicted molar refractivity (Wildman–Crippen MR) is 60.1 cm³/mol. The van der Waals surface area contributed by atoms with Gasteiger partial charge in [-0.05, 0) is 11.6 Å². The average Bonchev–Trinajstić information content (AvgIpc) is 2.25. The van der Waals surface area contributed by atoms with Crippen LogP contribution in [0.2, 0.25) is 5.02 Å². The maximum Gasteiger partial charge on any atom is 0.288 e. The molecule has 7 nitrogen and oxygen atoms in total. The number of nitrogens with two attached hydrogens (primary N) is 1. The zero-order chi connectivity index (χ0) is 12.8. The van der Waals surface area contributed by atoms with E-state index in [0.717, 1.165) is 0 Å². The maximum atomic E-state index is 10.6. The molecule has 0 unspecified atom stereocenters. The van der Waals surface area contributed by atoms with Crippen LogP contribution < -0.4 is 11.2 Å². The van der Waals surface area contributed by atoms with Gasteiger partial charge in [0.15, 0.2) is 0 Å². The van der Waals surface area contributed by atoms with Crippen LogP contribution in [0.4, 0.5) is 5.69 Å². The number of amides is 1. The summed E-state index contributed by atoms with van der Waals surface area (Å²) in [7, 11) is 0. The zero-order valence-electron chi connectivity index (χ0n) is 8.68. The molecular formula is C9H10ClN3O4. The number of halogens is 1. The van der Waals surface area contributed by atoms with Crippen molar-refractivity contribution in [2.24, 2.45) is 5.73 Å². The number of carbonyl (C=O) groups is 1. The summed E-state index contributed by atoms with van der Waals surface area (Å²) in [6.45, 7) is -0.0685. The lowest BCUT2D eigenvalue weighted by Crippen LogP contribution is -2.24. The number of hydrogen-bond donors (Lipinski definition) is 2. The molecule has 3 N–H and O–H groups in total. The Morgan fingerprint density at radius 3 is 2.88 bits per heavy atom. The lowest BCUT2D eigenvalue weighted by Gasteiger charge is -2.04. The molecule has 1 rings (SSSR count). The summed E-state index contributed by atoms with van der Waals surface area (Å²) < 4.78 is 0. The molecule has 0 bridgehead atoms. The van der Waals surface area contributed by atoms with Crippen LogP contribution in [0.1, 0.15) is 5.56 Å². The minimum Gasteiger partial charge on any atom is -0.368 e. The van der Waals surface area contributed by atoms with Gasteiger partial charge in [0.1, 0.15) is 11.6 Å². The number of hydrogen-bond acceptors (Lipinski definition) is 5. The van der Waals surface area contributed by atoms with Gasteiger partial charge in [-0.25, -0.2) is 0 Å². The number of nitro groups is 1. The number of hydroxylamine groups is 1. The van der Waals surface area contributed by atoms with Crippen LogP contribution in [-0.2, 0) is 16.2 Å². The Morgan fingerprint density at radius 1 is 1.59 bits per heavy atom. The fourth-order valence-electron chi connectivity index (χ4n) is 1.06. The summed E-state index contributed by atoms with van der Waals surface area (Å²) in [4.78, 5) is 25.1. The van der Waals surface area contributed by atoms with E-state index in [2.05, 4.69) is 5.48 Å². The number of primary amides is 1. The number of nitro benzene ring substituents is 1. The Bertz CT molecular complexity index is 438. The Morgan fingerprint density at radius 2 is 2.29 bits per heavy atom. The van der Waals surface area contributed by atoms with Crippen LogP contribution in [0.5, 0.6) is 0 Å². The second kappa shape index (κ2) is 6.14. The van der Waals surface area contributed by atoms with Crippen LogP contribution in [0.25, 0.3) is 0 Å². The molecule has 0 radical (unpaired) electrons. The third-order valence-corrected chi connectivity index (χ3v) is 2.12. The minimum absolute atomic E-state index is 0.0665. The lowest BCUT2D eigenvalue weighted by molar-refractivity contribution is -0.384. The highest BCUT2D eigenvalue weighted by Gasteiger charge is 2.12. The standard InChI is InChI=1S/C9H10ClN3O4/c10-7-2-1-6(3-8(7)13(15)16)4-12-17-5-9(11)14/h1-3,12H,4-5H2,(H2,11,14). The molecule has 0 aliphatic carbocycles. The molecule has 0 saturated carbocycles. The number of carbonyl (C=O) groups excluding carboxylic acids is 1. The first-order valence-electron chi connectivity index (χ1n) is 4.56. The maximum absolute atomic E-state index is 10.6. The van der Waals surface area contributed by atoms with E-state index in [4.69, 9.17) is 22.2 Å². The molecular weight excluding hydrogens is 250 g/mol. The van der Waals surface area contributed by atoms with Crippen molar-refractivity contribution in [3.63, 3.8) is 0 Å². The number of rotatable bonds is 6. The molecule has 0 heterocycles. The van der Waals surface area contributed by atoms with Gasteiger partial charge in [0.05, 0.1) is 4.92 Å². The summed E-state index contributed by atoms with van der Waals surface area (Å²) >= 11 is 5.64. The second-order valence-electron chi connectivity index (χ2n) is 3.12. The summed E-state index contributed by atoms with van der Waals surface area (Å²) in [6, 6.07) is 4.35. The molecule has 0 aliphatic heterocycles. The van der Waals surface area contributed by atoms with E-state index < -0.39 is 10.8 Å². The first-order chi connectivity index (χ1) is 8.00. The molecule has 0 aliphatic rings. The molecule has 0 atom stereocenters. The van der Waals surface area contributed by atoms with Gasteiger partial charge in [-0.2, -0.15) is 5.48 Å². The van der Waals surface area contributed by atoms with Crippen molar-refractivity contribution in [3.05, 3.63) is 38.9 Å². The predicted octanol–water partition coefficient (Wildman–Crippen LogP) is 0.755. The van der Waals surface area contributed by atoms with E-state index in [1.165, 1.54) is 12.1 Å². The van der Waals surface area contributed by atoms with E-state index in [0.29, 0.717) is 5.56 Å². The highest BCUT2D eigenvalue weighted by Crippen LogP contribution is 2.24. The van der Waals surface area contributed by atoms with Crippen LogP contribution in [0.15, 0.2) is 18.2 Å². The van der Waals surface area contributed by atoms with Crippen LogP contribution >= 0.6 is 11.6 Å². The zero-order valence-corrected chi connectivity index (χ0v) is 9.44. The third-order valence-electron chi connectivity index (χ3n) is 1.80. The summed E-state index contributed by atoms with van der Waals surface area (Å²) in [5.41, 5.74) is 7.72. The fourth-order valence-corrected chi connectivity index (χ4v) is 1.25. The van der Waals surface area contributed by atoms with Gasteiger partial charge in [-0.1, -0.05) is 17.7 Å². The average molecular weight is 260 g/mol. The van der Waals surface area contributed by atoms with E-state index in [1.54, 1.807) is 6.07 Å². The second-order valence-corrected chi connectivity index (χ2v) is 3.53. The SMILES string of the molecule is NC(=O)CONCc1ccc(Cl)c([N+](=O)[O-])c1. The highest BCUT2D eigenvalue weighted by atomic mass is 35.5. The van der Waals surface area contributed by atoms with E-state index in [-0.39, 0.29) is 23.9 Å². The number of nitrogens with one attached hydrogen (secondary N) is 1. The van der Waals surface area contributed by atoms with Crippen molar-refractivity contribution >= 4 is 23.2 Å². The van der Waals surface area contributed by atoms with Gasteiger partial charge in [0.2, 0.25) is 5.91 Å². The van der Waals surface area contributed by atoms with Crippen molar-refractivity contribution in [2.75, 3.05) is 6.61 Å². The van der Waals surface area contributed by atoms with Gasteiger partial charge in [0, 0.05) is 12.6 Å². The Hall–Kier alpha value is -1.70. The molecule has 0 fully saturated rings. The monoisotopic (exact) mass is 259 g/mol. The van der Waals surface area contributed by atoms with E-state index in [1.807, 2.05) is 0 Å². The summed E-state index contributed by atoms with van der Waals surface area (Å²) in [5, 5.41) is 10.7. The van der Waals surface area contributed by atoms with Crippen molar-refractivity contribution in [3.8, 4) is 0 Å². The molecule has 92 valence electrons. The normalized spacial score (nSPS) is 10.2. The van der Waals surface area contributed by atoms with Crippen LogP contribution in [-0.4, -0.2) is 17.4 Å². The van der Waals surface area contributed by atoms with Crippen molar-refractivity contribution < 1.29 is 14.6 Å². The minimum atomic E-state index is -0.611. The Balaban J connectivity index is 2.57.